The Kier molecular flexibility index (Phi) is 3.15. The van der Waals surface area contributed by atoms with Crippen LogP contribution in [-0.4, -0.2) is 0 Å². The first-order valence-corrected chi connectivity index (χ1v) is 4.50. The van der Waals surface area contributed by atoms with E-state index in [2.05, 4.69) is 6.92 Å². The van der Waals surface area contributed by atoms with Gasteiger partial charge in [-0.05, 0) is 31.4 Å². The van der Waals surface area contributed by atoms with E-state index in [1.807, 2.05) is 19.1 Å². The number of hydrogen-bond donors (Lipinski definition) is 0. The highest BCUT2D eigenvalue weighted by Crippen LogP contribution is 2.20. The fraction of sp³-hybridized carbons (Fsp3) is 0.455. The summed E-state index contributed by atoms with van der Waals surface area (Å²) in [6.45, 7) is 4.16. The van der Waals surface area contributed by atoms with Crippen LogP contribution in [-0.2, 0) is 11.5 Å². The van der Waals surface area contributed by atoms with Crippen LogP contribution in [0.1, 0.15) is 30.9 Å². The molecule has 0 N–H and O–H groups in total. The quantitative estimate of drug-likeness (QED) is 0.650. The molecule has 0 aliphatic heterocycles. The van der Waals surface area contributed by atoms with Crippen LogP contribution in [0.15, 0.2) is 18.2 Å². The van der Waals surface area contributed by atoms with Gasteiger partial charge in [-0.3, -0.25) is 5.11 Å². The van der Waals surface area contributed by atoms with Gasteiger partial charge in [-0.2, -0.15) is 0 Å². The first kappa shape index (κ1) is 9.11. The summed E-state index contributed by atoms with van der Waals surface area (Å²) in [5.74, 6) is 0.189. The summed E-state index contributed by atoms with van der Waals surface area (Å²) in [6, 6.07) is 5.54. The molecule has 1 rings (SSSR count). The zero-order chi connectivity index (χ0) is 8.97. The maximum absolute atomic E-state index is 11.3. The van der Waals surface area contributed by atoms with Crippen LogP contribution in [0, 0.1) is 6.92 Å². The van der Waals surface area contributed by atoms with Crippen LogP contribution in [0.3, 0.4) is 0 Å². The Labute approximate surface area is 74.1 Å². The maximum Gasteiger partial charge on any atom is 0.181 e. The van der Waals surface area contributed by atoms with Crippen LogP contribution in [0.4, 0.5) is 0 Å². The highest BCUT2D eigenvalue weighted by molar-refractivity contribution is 5.35. The predicted octanol–water partition coefficient (Wildman–Crippen LogP) is 3.48. The molecule has 0 fully saturated rings. The summed E-state index contributed by atoms with van der Waals surface area (Å²) < 4.78 is 0. The Bertz CT molecular complexity index is 253. The van der Waals surface area contributed by atoms with Gasteiger partial charge in [0, 0.05) is 0 Å². The molecule has 0 aromatic heterocycles. The molecule has 0 atom stereocenters. The predicted molar refractivity (Wildman–Crippen MR) is 49.9 cm³/mol. The van der Waals surface area contributed by atoms with Crippen LogP contribution in [0.25, 0.3) is 0 Å². The molecule has 1 nitrogen and oxygen atoms in total. The fourth-order valence-electron chi connectivity index (χ4n) is 1.27. The van der Waals surface area contributed by atoms with E-state index in [-0.39, 0.29) is 5.75 Å². The van der Waals surface area contributed by atoms with E-state index < -0.39 is 0 Å². The number of aryl methyl sites for hydroxylation is 2. The molecular formula is C11H15O. The summed E-state index contributed by atoms with van der Waals surface area (Å²) in [5, 5.41) is 11.3. The SMILES string of the molecule is CCCCc1cc(C)ccc1[O]. The molecule has 0 spiro atoms. The van der Waals surface area contributed by atoms with Gasteiger partial charge in [0.25, 0.3) is 0 Å². The van der Waals surface area contributed by atoms with E-state index in [9.17, 15) is 5.11 Å². The summed E-state index contributed by atoms with van der Waals surface area (Å²) in [6.07, 6.45) is 3.18. The number of hydrogen-bond acceptors (Lipinski definition) is 0. The van der Waals surface area contributed by atoms with E-state index in [0.717, 1.165) is 24.8 Å². The van der Waals surface area contributed by atoms with Gasteiger partial charge in [0.1, 0.15) is 0 Å². The van der Waals surface area contributed by atoms with Crippen molar-refractivity contribution in [1.29, 1.82) is 0 Å². The Morgan fingerprint density at radius 3 is 2.75 bits per heavy atom. The van der Waals surface area contributed by atoms with E-state index in [1.54, 1.807) is 6.07 Å². The third-order valence-electron chi connectivity index (χ3n) is 2.02. The highest BCUT2D eigenvalue weighted by atomic mass is 16.3. The molecule has 1 heteroatoms. The lowest BCUT2D eigenvalue weighted by Crippen LogP contribution is -1.85. The van der Waals surface area contributed by atoms with Gasteiger partial charge < -0.3 is 0 Å². The summed E-state index contributed by atoms with van der Waals surface area (Å²) in [7, 11) is 0. The van der Waals surface area contributed by atoms with Crippen molar-refractivity contribution < 1.29 is 5.11 Å². The fourth-order valence-corrected chi connectivity index (χ4v) is 1.27. The molecule has 1 radical (unpaired) electrons. The van der Waals surface area contributed by atoms with Crippen LogP contribution < -0.4 is 0 Å². The normalized spacial score (nSPS) is 10.2. The second-order valence-electron chi connectivity index (χ2n) is 3.21. The molecule has 0 saturated heterocycles. The van der Waals surface area contributed by atoms with E-state index in [1.165, 1.54) is 5.56 Å². The third-order valence-corrected chi connectivity index (χ3v) is 2.02. The largest absolute Gasteiger partial charge is 0.290 e. The first-order valence-electron chi connectivity index (χ1n) is 4.50. The molecule has 12 heavy (non-hydrogen) atoms. The van der Waals surface area contributed by atoms with Gasteiger partial charge >= 0.3 is 0 Å². The molecular weight excluding hydrogens is 148 g/mol. The smallest absolute Gasteiger partial charge is 0.181 e. The van der Waals surface area contributed by atoms with Crippen molar-refractivity contribution in [3.05, 3.63) is 29.3 Å². The molecule has 0 bridgehead atoms. The molecule has 0 amide bonds. The molecule has 0 heterocycles. The Morgan fingerprint density at radius 1 is 1.33 bits per heavy atom. The lowest BCUT2D eigenvalue weighted by atomic mass is 10.1. The van der Waals surface area contributed by atoms with Crippen molar-refractivity contribution in [3.8, 4) is 5.75 Å². The minimum Gasteiger partial charge on any atom is -0.290 e. The van der Waals surface area contributed by atoms with Gasteiger partial charge in [0.15, 0.2) is 5.75 Å². The maximum atomic E-state index is 11.3. The van der Waals surface area contributed by atoms with E-state index in [4.69, 9.17) is 0 Å². The molecule has 0 aliphatic carbocycles. The lowest BCUT2D eigenvalue weighted by molar-refractivity contribution is 0.349. The average molecular weight is 163 g/mol. The van der Waals surface area contributed by atoms with Gasteiger partial charge in [0.2, 0.25) is 0 Å². The third kappa shape index (κ3) is 2.26. The Balaban J connectivity index is 2.75. The lowest BCUT2D eigenvalue weighted by Gasteiger charge is -2.01. The average Bonchev–Trinajstić information content (AvgIpc) is 2.07. The summed E-state index contributed by atoms with van der Waals surface area (Å²) in [4.78, 5) is 0. The van der Waals surface area contributed by atoms with Crippen molar-refractivity contribution in [2.45, 2.75) is 33.1 Å². The van der Waals surface area contributed by atoms with Crippen molar-refractivity contribution >= 4 is 0 Å². The standard InChI is InChI=1S/C11H15O/c1-3-4-5-10-8-9(2)6-7-11(10)12/h6-8H,3-5H2,1-2H3. The number of benzene rings is 1. The molecule has 1 aromatic carbocycles. The molecule has 0 aliphatic rings. The molecule has 65 valence electrons. The van der Waals surface area contributed by atoms with Crippen molar-refractivity contribution in [1.82, 2.24) is 0 Å². The zero-order valence-electron chi connectivity index (χ0n) is 7.76. The number of rotatable bonds is 3. The molecule has 0 unspecified atom stereocenters. The number of unbranched alkanes of at least 4 members (excludes halogenated alkanes) is 1. The van der Waals surface area contributed by atoms with E-state index in [0.29, 0.717) is 0 Å². The molecule has 0 saturated carbocycles. The van der Waals surface area contributed by atoms with Gasteiger partial charge in [0.05, 0.1) is 0 Å². The minimum atomic E-state index is 0.189. The minimum absolute atomic E-state index is 0.189. The van der Waals surface area contributed by atoms with Gasteiger partial charge in [-0.15, -0.1) is 0 Å². The van der Waals surface area contributed by atoms with Crippen molar-refractivity contribution in [2.24, 2.45) is 0 Å². The second kappa shape index (κ2) is 4.15. The van der Waals surface area contributed by atoms with Gasteiger partial charge in [-0.1, -0.05) is 31.0 Å². The topological polar surface area (TPSA) is 19.9 Å². The van der Waals surface area contributed by atoms with Gasteiger partial charge in [-0.25, -0.2) is 0 Å². The summed E-state index contributed by atoms with van der Waals surface area (Å²) in [5.41, 5.74) is 2.15. The second-order valence-corrected chi connectivity index (χ2v) is 3.21. The monoisotopic (exact) mass is 163 g/mol. The van der Waals surface area contributed by atoms with E-state index >= 15 is 0 Å². The zero-order valence-corrected chi connectivity index (χ0v) is 7.76. The Hall–Kier alpha value is -0.980. The van der Waals surface area contributed by atoms with Crippen molar-refractivity contribution in [2.75, 3.05) is 0 Å². The first-order chi connectivity index (χ1) is 5.74. The summed E-state index contributed by atoms with van der Waals surface area (Å²) >= 11 is 0. The van der Waals surface area contributed by atoms with Crippen LogP contribution in [0.2, 0.25) is 0 Å². The van der Waals surface area contributed by atoms with Crippen LogP contribution >= 0.6 is 0 Å². The Morgan fingerprint density at radius 2 is 2.08 bits per heavy atom. The van der Waals surface area contributed by atoms with Crippen molar-refractivity contribution in [3.63, 3.8) is 0 Å². The highest BCUT2D eigenvalue weighted by Gasteiger charge is 2.01. The van der Waals surface area contributed by atoms with Crippen LogP contribution in [0.5, 0.6) is 5.75 Å². The molecule has 1 aromatic rings.